The van der Waals surface area contributed by atoms with E-state index in [1.165, 1.54) is 11.8 Å². The van der Waals surface area contributed by atoms with Crippen molar-refractivity contribution in [3.63, 3.8) is 0 Å². The molecule has 3 aromatic rings. The van der Waals surface area contributed by atoms with Gasteiger partial charge in [-0.25, -0.2) is 0 Å². The summed E-state index contributed by atoms with van der Waals surface area (Å²) in [6.45, 7) is 4.23. The highest BCUT2D eigenvalue weighted by Crippen LogP contribution is 2.28. The third-order valence-corrected chi connectivity index (χ3v) is 4.68. The Kier molecular flexibility index (Phi) is 5.23. The van der Waals surface area contributed by atoms with Gasteiger partial charge in [0.25, 0.3) is 11.1 Å². The fourth-order valence-corrected chi connectivity index (χ4v) is 3.22. The molecule has 2 heterocycles. The molecule has 0 bridgehead atoms. The van der Waals surface area contributed by atoms with Gasteiger partial charge in [0, 0.05) is 13.6 Å². The molecular weight excluding hydrogens is 338 g/mol. The van der Waals surface area contributed by atoms with Gasteiger partial charge in [0.1, 0.15) is 5.76 Å². The molecule has 0 aliphatic heterocycles. The average molecular weight is 357 g/mol. The third kappa shape index (κ3) is 4.11. The van der Waals surface area contributed by atoms with Crippen LogP contribution in [0.3, 0.4) is 0 Å². The fraction of sp³-hybridized carbons (Fsp3) is 0.278. The van der Waals surface area contributed by atoms with Gasteiger partial charge in [-0.2, -0.15) is 0 Å². The number of rotatable bonds is 6. The van der Waals surface area contributed by atoms with Crippen molar-refractivity contribution in [2.45, 2.75) is 30.9 Å². The van der Waals surface area contributed by atoms with Gasteiger partial charge in [0.2, 0.25) is 5.91 Å². The van der Waals surface area contributed by atoms with E-state index in [0.29, 0.717) is 23.4 Å². The lowest BCUT2D eigenvalue weighted by Crippen LogP contribution is -2.32. The number of benzene rings is 1. The first kappa shape index (κ1) is 17.3. The highest BCUT2D eigenvalue weighted by Gasteiger charge is 2.22. The maximum Gasteiger partial charge on any atom is 0.277 e. The van der Waals surface area contributed by atoms with Crippen LogP contribution in [-0.2, 0) is 11.3 Å². The molecule has 0 aliphatic carbocycles. The second-order valence-corrected chi connectivity index (χ2v) is 7.00. The predicted molar refractivity (Wildman–Crippen MR) is 95.0 cm³/mol. The molecule has 0 saturated carbocycles. The summed E-state index contributed by atoms with van der Waals surface area (Å²) in [5.41, 5.74) is 1.85. The molecule has 25 heavy (non-hydrogen) atoms. The highest BCUT2D eigenvalue weighted by molar-refractivity contribution is 8.00. The molecule has 0 radical (unpaired) electrons. The second-order valence-electron chi connectivity index (χ2n) is 5.70. The molecule has 0 N–H and O–H groups in total. The van der Waals surface area contributed by atoms with E-state index in [1.54, 1.807) is 24.3 Å². The zero-order valence-electron chi connectivity index (χ0n) is 14.3. The first-order valence-corrected chi connectivity index (χ1v) is 8.76. The standard InChI is InChI=1S/C18H19N3O3S/c1-12-15(9-10-23-12)16-19-20-18(24-16)25-13(2)17(22)21(3)11-14-7-5-4-6-8-14/h4-10,13H,11H2,1-3H3. The molecule has 1 aromatic carbocycles. The van der Waals surface area contributed by atoms with Gasteiger partial charge in [-0.05, 0) is 25.5 Å². The SMILES string of the molecule is Cc1occc1-c1nnc(SC(C)C(=O)N(C)Cc2ccccc2)o1. The van der Waals surface area contributed by atoms with Crippen LogP contribution in [0.1, 0.15) is 18.2 Å². The Morgan fingerprint density at radius 3 is 2.68 bits per heavy atom. The fourth-order valence-electron chi connectivity index (χ4n) is 2.42. The molecule has 3 rings (SSSR count). The number of thioether (sulfide) groups is 1. The minimum Gasteiger partial charge on any atom is -0.469 e. The molecule has 1 unspecified atom stereocenters. The summed E-state index contributed by atoms with van der Waals surface area (Å²) in [6.07, 6.45) is 1.58. The molecule has 1 atom stereocenters. The van der Waals surface area contributed by atoms with Crippen LogP contribution in [0, 0.1) is 6.92 Å². The minimum absolute atomic E-state index is 0.00750. The van der Waals surface area contributed by atoms with Crippen molar-refractivity contribution in [3.8, 4) is 11.5 Å². The quantitative estimate of drug-likeness (QED) is 0.625. The summed E-state index contributed by atoms with van der Waals surface area (Å²) in [4.78, 5) is 14.2. The minimum atomic E-state index is -0.326. The lowest BCUT2D eigenvalue weighted by molar-refractivity contribution is -0.129. The summed E-state index contributed by atoms with van der Waals surface area (Å²) < 4.78 is 10.9. The van der Waals surface area contributed by atoms with Crippen LogP contribution in [0.25, 0.3) is 11.5 Å². The largest absolute Gasteiger partial charge is 0.469 e. The van der Waals surface area contributed by atoms with Crippen molar-refractivity contribution in [3.05, 3.63) is 54.0 Å². The molecule has 0 spiro atoms. The van der Waals surface area contributed by atoms with Crippen LogP contribution in [-0.4, -0.2) is 33.3 Å². The van der Waals surface area contributed by atoms with E-state index in [2.05, 4.69) is 10.2 Å². The van der Waals surface area contributed by atoms with Gasteiger partial charge in [0.15, 0.2) is 0 Å². The second kappa shape index (κ2) is 7.57. The van der Waals surface area contributed by atoms with Crippen molar-refractivity contribution >= 4 is 17.7 Å². The van der Waals surface area contributed by atoms with Crippen molar-refractivity contribution in [1.29, 1.82) is 0 Å². The summed E-state index contributed by atoms with van der Waals surface area (Å²) >= 11 is 1.25. The van der Waals surface area contributed by atoms with Gasteiger partial charge < -0.3 is 13.7 Å². The Labute approximate surface area is 150 Å². The zero-order valence-corrected chi connectivity index (χ0v) is 15.1. The topological polar surface area (TPSA) is 72.4 Å². The molecule has 7 heteroatoms. The Morgan fingerprint density at radius 2 is 2.00 bits per heavy atom. The Bertz CT molecular complexity index is 844. The maximum absolute atomic E-state index is 12.5. The van der Waals surface area contributed by atoms with Gasteiger partial charge >= 0.3 is 0 Å². The van der Waals surface area contributed by atoms with Gasteiger partial charge in [-0.15, -0.1) is 10.2 Å². The number of aryl methyl sites for hydroxylation is 1. The monoisotopic (exact) mass is 357 g/mol. The van der Waals surface area contributed by atoms with Crippen molar-refractivity contribution in [2.24, 2.45) is 0 Å². The maximum atomic E-state index is 12.5. The van der Waals surface area contributed by atoms with Gasteiger partial charge in [0.05, 0.1) is 17.1 Å². The van der Waals surface area contributed by atoms with Gasteiger partial charge in [-0.1, -0.05) is 42.1 Å². The lowest BCUT2D eigenvalue weighted by Gasteiger charge is -2.20. The Balaban J connectivity index is 1.62. The summed E-state index contributed by atoms with van der Waals surface area (Å²) in [6, 6.07) is 11.7. The molecule has 0 fully saturated rings. The molecular formula is C18H19N3O3S. The van der Waals surface area contributed by atoms with Crippen LogP contribution < -0.4 is 0 Å². The summed E-state index contributed by atoms with van der Waals surface area (Å²) in [5.74, 6) is 1.12. The number of nitrogens with zero attached hydrogens (tertiary/aromatic N) is 3. The van der Waals surface area contributed by atoms with E-state index in [0.717, 1.165) is 11.1 Å². The number of amides is 1. The predicted octanol–water partition coefficient (Wildman–Crippen LogP) is 3.78. The number of hydrogen-bond acceptors (Lipinski definition) is 6. The Morgan fingerprint density at radius 1 is 1.24 bits per heavy atom. The van der Waals surface area contributed by atoms with Crippen LogP contribution in [0.2, 0.25) is 0 Å². The van der Waals surface area contributed by atoms with Gasteiger partial charge in [-0.3, -0.25) is 4.79 Å². The number of furan rings is 1. The van der Waals surface area contributed by atoms with Crippen LogP contribution >= 0.6 is 11.8 Å². The number of hydrogen-bond donors (Lipinski definition) is 0. The van der Waals surface area contributed by atoms with Crippen molar-refractivity contribution in [2.75, 3.05) is 7.05 Å². The summed E-state index contributed by atoms with van der Waals surface area (Å²) in [7, 11) is 1.79. The number of carbonyl (C=O) groups is 1. The van der Waals surface area contributed by atoms with E-state index in [4.69, 9.17) is 8.83 Å². The van der Waals surface area contributed by atoms with E-state index >= 15 is 0 Å². The molecule has 6 nitrogen and oxygen atoms in total. The van der Waals surface area contributed by atoms with E-state index in [9.17, 15) is 4.79 Å². The first-order valence-electron chi connectivity index (χ1n) is 7.88. The first-order chi connectivity index (χ1) is 12.0. The molecule has 1 amide bonds. The highest BCUT2D eigenvalue weighted by atomic mass is 32.2. The smallest absolute Gasteiger partial charge is 0.277 e. The number of aromatic nitrogens is 2. The average Bonchev–Trinajstić information content (AvgIpc) is 3.23. The molecule has 0 aliphatic rings. The van der Waals surface area contributed by atoms with Crippen molar-refractivity contribution < 1.29 is 13.6 Å². The van der Waals surface area contributed by atoms with E-state index < -0.39 is 0 Å². The summed E-state index contributed by atoms with van der Waals surface area (Å²) in [5, 5.41) is 8.07. The third-order valence-electron chi connectivity index (χ3n) is 3.76. The molecule has 0 saturated heterocycles. The van der Waals surface area contributed by atoms with Crippen molar-refractivity contribution in [1.82, 2.24) is 15.1 Å². The lowest BCUT2D eigenvalue weighted by atomic mass is 10.2. The number of carbonyl (C=O) groups excluding carboxylic acids is 1. The van der Waals surface area contributed by atoms with Crippen LogP contribution in [0.15, 0.2) is 56.7 Å². The van der Waals surface area contributed by atoms with E-state index in [1.807, 2.05) is 44.2 Å². The molecule has 2 aromatic heterocycles. The van der Waals surface area contributed by atoms with Crippen LogP contribution in [0.4, 0.5) is 0 Å². The zero-order chi connectivity index (χ0) is 17.8. The normalized spacial score (nSPS) is 12.1. The Hall–Kier alpha value is -2.54. The van der Waals surface area contributed by atoms with E-state index in [-0.39, 0.29) is 11.2 Å². The van der Waals surface area contributed by atoms with Crippen LogP contribution in [0.5, 0.6) is 0 Å². The molecule has 130 valence electrons.